The van der Waals surface area contributed by atoms with Crippen molar-refractivity contribution in [1.29, 1.82) is 0 Å². The van der Waals surface area contributed by atoms with Gasteiger partial charge in [0.2, 0.25) is 0 Å². The lowest BCUT2D eigenvalue weighted by Crippen LogP contribution is -2.53. The third kappa shape index (κ3) is 5.08. The third-order valence-electron chi connectivity index (χ3n) is 7.92. The largest absolute Gasteiger partial charge is 0.377 e. The van der Waals surface area contributed by atoms with Gasteiger partial charge in [-0.15, -0.1) is 0 Å². The molecule has 3 amide bonds. The molecule has 2 aromatic carbocycles. The quantitative estimate of drug-likeness (QED) is 0.640. The molecule has 3 unspecified atom stereocenters. The smallest absolute Gasteiger partial charge is 0.315 e. The minimum Gasteiger partial charge on any atom is -0.377 e. The van der Waals surface area contributed by atoms with Gasteiger partial charge in [-0.25, -0.2) is 9.18 Å². The van der Waals surface area contributed by atoms with Gasteiger partial charge in [0.1, 0.15) is 5.82 Å². The Labute approximate surface area is 215 Å². The molecule has 0 radical (unpaired) electrons. The number of likely N-dealkylation sites (tertiary alicyclic amines) is 2. The van der Waals surface area contributed by atoms with Gasteiger partial charge in [0.25, 0.3) is 5.91 Å². The molecule has 5 rings (SSSR count). The van der Waals surface area contributed by atoms with Crippen molar-refractivity contribution >= 4 is 23.5 Å². The van der Waals surface area contributed by atoms with E-state index in [1.807, 2.05) is 18.2 Å². The highest BCUT2D eigenvalue weighted by molar-refractivity contribution is 6.33. The van der Waals surface area contributed by atoms with Crippen molar-refractivity contribution in [1.82, 2.24) is 14.7 Å². The van der Waals surface area contributed by atoms with E-state index in [1.165, 1.54) is 17.7 Å². The molecule has 2 N–H and O–H groups in total. The Balaban J connectivity index is 1.22. The minimum atomic E-state index is -0.574. The molecule has 3 aliphatic rings. The Bertz CT molecular complexity index is 1070. The second kappa shape index (κ2) is 10.7. The molecule has 3 saturated heterocycles. The van der Waals surface area contributed by atoms with Crippen LogP contribution < -0.4 is 5.73 Å². The zero-order valence-corrected chi connectivity index (χ0v) is 20.9. The maximum absolute atomic E-state index is 14.3. The van der Waals surface area contributed by atoms with Crippen molar-refractivity contribution in [2.45, 2.75) is 18.4 Å². The standard InChI is InChI=1S/C27H32ClFN4O3/c28-22-7-4-8-23(29)25(22)26(34)32-15-19-13-31(14-20(19)16-32)10-9-21(18-5-2-1-3-6-18)24-17-36-12-11-33(24)27(30)35/h1-8,19-21,24H,9-17H2,(H2,30,35)/t19?,20?,21-,24?/m0/s1. The molecule has 3 aliphatic heterocycles. The molecule has 2 aromatic rings. The number of amides is 3. The molecule has 9 heteroatoms. The Kier molecular flexibility index (Phi) is 7.46. The molecule has 0 aromatic heterocycles. The lowest BCUT2D eigenvalue weighted by atomic mass is 9.87. The molecule has 0 spiro atoms. The van der Waals surface area contributed by atoms with E-state index in [2.05, 4.69) is 17.0 Å². The van der Waals surface area contributed by atoms with Gasteiger partial charge >= 0.3 is 6.03 Å². The molecule has 3 fully saturated rings. The summed E-state index contributed by atoms with van der Waals surface area (Å²) in [5.41, 5.74) is 6.85. The average Bonchev–Trinajstić information content (AvgIpc) is 3.44. The number of ether oxygens (including phenoxy) is 1. The normalized spacial score (nSPS) is 25.1. The number of morpholine rings is 1. The van der Waals surface area contributed by atoms with E-state index < -0.39 is 11.8 Å². The van der Waals surface area contributed by atoms with Gasteiger partial charge in [-0.1, -0.05) is 48.0 Å². The summed E-state index contributed by atoms with van der Waals surface area (Å²) in [4.78, 5) is 31.0. The predicted molar refractivity (Wildman–Crippen MR) is 135 cm³/mol. The Morgan fingerprint density at radius 1 is 1.06 bits per heavy atom. The first kappa shape index (κ1) is 25.0. The lowest BCUT2D eigenvalue weighted by Gasteiger charge is -2.40. The van der Waals surface area contributed by atoms with Crippen LogP contribution in [0.5, 0.6) is 0 Å². The number of urea groups is 1. The maximum atomic E-state index is 14.3. The van der Waals surface area contributed by atoms with Crippen LogP contribution in [0.2, 0.25) is 5.02 Å². The van der Waals surface area contributed by atoms with Crippen LogP contribution in [0.25, 0.3) is 0 Å². The van der Waals surface area contributed by atoms with E-state index in [-0.39, 0.29) is 28.5 Å². The number of fused-ring (bicyclic) bond motifs is 1. The van der Waals surface area contributed by atoms with Gasteiger partial charge in [0.15, 0.2) is 0 Å². The monoisotopic (exact) mass is 514 g/mol. The van der Waals surface area contributed by atoms with Crippen LogP contribution in [0.15, 0.2) is 48.5 Å². The first-order valence-corrected chi connectivity index (χ1v) is 12.9. The molecule has 7 nitrogen and oxygen atoms in total. The number of halogens is 2. The zero-order valence-electron chi connectivity index (χ0n) is 20.2. The molecule has 36 heavy (non-hydrogen) atoms. The number of carbonyl (C=O) groups is 2. The van der Waals surface area contributed by atoms with Gasteiger partial charge in [0.05, 0.1) is 29.8 Å². The maximum Gasteiger partial charge on any atom is 0.315 e. The summed E-state index contributed by atoms with van der Waals surface area (Å²) in [7, 11) is 0. The molecular weight excluding hydrogens is 483 g/mol. The Hall–Kier alpha value is -2.68. The number of hydrogen-bond acceptors (Lipinski definition) is 4. The number of nitrogens with zero attached hydrogens (tertiary/aromatic N) is 3. The summed E-state index contributed by atoms with van der Waals surface area (Å²) in [6.45, 7) is 5.36. The molecule has 192 valence electrons. The summed E-state index contributed by atoms with van der Waals surface area (Å²) in [6, 6.07) is 14.1. The second-order valence-electron chi connectivity index (χ2n) is 10.1. The number of primary amides is 1. The fourth-order valence-corrected chi connectivity index (χ4v) is 6.38. The summed E-state index contributed by atoms with van der Waals surface area (Å²) < 4.78 is 20.0. The van der Waals surface area contributed by atoms with Crippen molar-refractivity contribution in [3.05, 3.63) is 70.5 Å². The van der Waals surface area contributed by atoms with E-state index in [4.69, 9.17) is 22.1 Å². The van der Waals surface area contributed by atoms with E-state index in [0.29, 0.717) is 44.7 Å². The average molecular weight is 515 g/mol. The fraction of sp³-hybridized carbons (Fsp3) is 0.481. The van der Waals surface area contributed by atoms with Crippen LogP contribution >= 0.6 is 11.6 Å². The number of rotatable bonds is 6. The van der Waals surface area contributed by atoms with Crippen molar-refractivity contribution in [3.63, 3.8) is 0 Å². The highest BCUT2D eigenvalue weighted by Gasteiger charge is 2.43. The third-order valence-corrected chi connectivity index (χ3v) is 8.24. The van der Waals surface area contributed by atoms with E-state index in [1.54, 1.807) is 15.9 Å². The summed E-state index contributed by atoms with van der Waals surface area (Å²) in [6.07, 6.45) is 0.870. The second-order valence-corrected chi connectivity index (χ2v) is 10.5. The van der Waals surface area contributed by atoms with Gasteiger partial charge in [-0.2, -0.15) is 0 Å². The lowest BCUT2D eigenvalue weighted by molar-refractivity contribution is 0.00251. The van der Waals surface area contributed by atoms with Crippen LogP contribution in [0.4, 0.5) is 9.18 Å². The van der Waals surface area contributed by atoms with Crippen LogP contribution in [0, 0.1) is 17.7 Å². The van der Waals surface area contributed by atoms with Gasteiger partial charge in [-0.3, -0.25) is 4.79 Å². The van der Waals surface area contributed by atoms with E-state index in [9.17, 15) is 14.0 Å². The van der Waals surface area contributed by atoms with Crippen molar-refractivity contribution < 1.29 is 18.7 Å². The zero-order chi connectivity index (χ0) is 25.2. The first-order chi connectivity index (χ1) is 17.4. The van der Waals surface area contributed by atoms with E-state index in [0.717, 1.165) is 26.1 Å². The van der Waals surface area contributed by atoms with Crippen LogP contribution in [0.1, 0.15) is 28.3 Å². The molecule has 3 heterocycles. The Morgan fingerprint density at radius 3 is 2.44 bits per heavy atom. The Morgan fingerprint density at radius 2 is 1.78 bits per heavy atom. The molecule has 0 saturated carbocycles. The van der Waals surface area contributed by atoms with Crippen LogP contribution in [-0.2, 0) is 4.74 Å². The van der Waals surface area contributed by atoms with Crippen LogP contribution in [-0.4, -0.2) is 85.2 Å². The topological polar surface area (TPSA) is 79.1 Å². The highest BCUT2D eigenvalue weighted by Crippen LogP contribution is 2.35. The predicted octanol–water partition coefficient (Wildman–Crippen LogP) is 3.44. The molecule has 4 atom stereocenters. The number of nitrogens with two attached hydrogens (primary N) is 1. The number of carbonyl (C=O) groups excluding carboxylic acids is 2. The summed E-state index contributed by atoms with van der Waals surface area (Å²) in [5, 5.41) is 0.155. The number of hydrogen-bond donors (Lipinski definition) is 1. The van der Waals surface area contributed by atoms with Gasteiger partial charge in [-0.05, 0) is 42.5 Å². The first-order valence-electron chi connectivity index (χ1n) is 12.6. The minimum absolute atomic E-state index is 0.0320. The van der Waals surface area contributed by atoms with E-state index >= 15 is 0 Å². The van der Waals surface area contributed by atoms with Crippen molar-refractivity contribution in [2.75, 3.05) is 52.5 Å². The summed E-state index contributed by atoms with van der Waals surface area (Å²) in [5.74, 6) is -0.0767. The summed E-state index contributed by atoms with van der Waals surface area (Å²) >= 11 is 6.12. The van der Waals surface area contributed by atoms with Crippen molar-refractivity contribution in [2.24, 2.45) is 17.6 Å². The number of benzene rings is 2. The van der Waals surface area contributed by atoms with Gasteiger partial charge in [0, 0.05) is 38.6 Å². The highest BCUT2D eigenvalue weighted by atomic mass is 35.5. The van der Waals surface area contributed by atoms with Gasteiger partial charge < -0.3 is 25.2 Å². The molecule has 0 aliphatic carbocycles. The van der Waals surface area contributed by atoms with Crippen molar-refractivity contribution in [3.8, 4) is 0 Å². The SMILES string of the molecule is NC(=O)N1CCOCC1[C@@H](CCN1CC2CN(C(=O)c3c(F)cccc3Cl)CC2C1)c1ccccc1. The molecular formula is C27H32ClFN4O3. The molecule has 0 bridgehead atoms. The van der Waals surface area contributed by atoms with Crippen LogP contribution in [0.3, 0.4) is 0 Å². The fourth-order valence-electron chi connectivity index (χ4n) is 6.13.